The van der Waals surface area contributed by atoms with Gasteiger partial charge in [-0.25, -0.2) is 0 Å². The van der Waals surface area contributed by atoms with Crippen LogP contribution in [0.2, 0.25) is 0 Å². The van der Waals surface area contributed by atoms with Crippen molar-refractivity contribution >= 4 is 73.3 Å². The molecule has 1 saturated heterocycles. The van der Waals surface area contributed by atoms with Gasteiger partial charge in [0.05, 0.1) is 16.2 Å². The monoisotopic (exact) mass is 510 g/mol. The van der Waals surface area contributed by atoms with E-state index in [9.17, 15) is 14.4 Å². The summed E-state index contributed by atoms with van der Waals surface area (Å²) >= 11 is 10.1. The van der Waals surface area contributed by atoms with Crippen molar-refractivity contribution < 1.29 is 19.5 Å². The summed E-state index contributed by atoms with van der Waals surface area (Å²) < 4.78 is 1.29. The fourth-order valence-corrected chi connectivity index (χ4v) is 5.27. The predicted octanol–water partition coefficient (Wildman–Crippen LogP) is 4.81. The normalized spacial score (nSPS) is 18.5. The number of fused-ring (bicyclic) bond motifs is 1. The van der Waals surface area contributed by atoms with Gasteiger partial charge in [-0.1, -0.05) is 59.7 Å². The highest BCUT2D eigenvalue weighted by Crippen LogP contribution is 2.45. The van der Waals surface area contributed by atoms with Crippen LogP contribution in [0.1, 0.15) is 51.0 Å². The largest absolute Gasteiger partial charge is 0.481 e. The Morgan fingerprint density at radius 1 is 1.10 bits per heavy atom. The zero-order valence-corrected chi connectivity index (χ0v) is 19.9. The Kier molecular flexibility index (Phi) is 7.70. The van der Waals surface area contributed by atoms with Gasteiger partial charge >= 0.3 is 5.97 Å². The van der Waals surface area contributed by atoms with Crippen LogP contribution in [0.3, 0.4) is 0 Å². The molecule has 0 spiro atoms. The number of benzene rings is 1. The molecule has 1 fully saturated rings. The second-order valence-corrected chi connectivity index (χ2v) is 9.76. The molecule has 2 amide bonds. The number of halogens is 1. The van der Waals surface area contributed by atoms with Crippen LogP contribution in [0.15, 0.2) is 27.6 Å². The number of nitrogens with zero attached hydrogens (tertiary/aromatic N) is 2. The minimum absolute atomic E-state index is 0.121. The highest BCUT2D eigenvalue weighted by molar-refractivity contribution is 9.10. The van der Waals surface area contributed by atoms with Crippen molar-refractivity contribution in [1.82, 2.24) is 4.90 Å². The lowest BCUT2D eigenvalue weighted by molar-refractivity contribution is -0.137. The highest BCUT2D eigenvalue weighted by Gasteiger charge is 2.41. The summed E-state index contributed by atoms with van der Waals surface area (Å²) in [5, 5.41) is 8.73. The Labute approximate surface area is 193 Å². The molecule has 9 heteroatoms. The maximum Gasteiger partial charge on any atom is 0.303 e. The lowest BCUT2D eigenvalue weighted by Gasteiger charge is -2.16. The summed E-state index contributed by atoms with van der Waals surface area (Å²) in [6.45, 7) is 3.11. The molecule has 1 N–H and O–H groups in total. The van der Waals surface area contributed by atoms with Crippen LogP contribution in [0.5, 0.6) is 0 Å². The van der Waals surface area contributed by atoms with Crippen molar-refractivity contribution in [2.75, 3.05) is 18.0 Å². The van der Waals surface area contributed by atoms with E-state index >= 15 is 0 Å². The number of thioether (sulfide) groups is 1. The van der Waals surface area contributed by atoms with Crippen LogP contribution in [0.4, 0.5) is 5.69 Å². The van der Waals surface area contributed by atoms with Crippen LogP contribution < -0.4 is 4.90 Å². The standard InChI is InChI=1S/C21H23BrN2O4S2/c1-2-3-10-23-15-9-8-13(22)12-14(15)17(19(23)27)18-20(28)24(21(29)30-18)11-6-4-5-7-16(25)26/h8-9,12H,2-7,10-11H2,1H3,(H,25,26)/b18-17+. The molecule has 30 heavy (non-hydrogen) atoms. The quantitative estimate of drug-likeness (QED) is 0.291. The molecule has 0 atom stereocenters. The number of rotatable bonds is 9. The van der Waals surface area contributed by atoms with Gasteiger partial charge in [0, 0.05) is 29.5 Å². The molecule has 2 heterocycles. The lowest BCUT2D eigenvalue weighted by atomic mass is 10.1. The van der Waals surface area contributed by atoms with E-state index in [0.717, 1.165) is 28.6 Å². The van der Waals surface area contributed by atoms with Gasteiger partial charge in [-0.15, -0.1) is 0 Å². The van der Waals surface area contributed by atoms with E-state index in [1.165, 1.54) is 16.7 Å². The summed E-state index contributed by atoms with van der Waals surface area (Å²) in [5.74, 6) is -1.21. The van der Waals surface area contributed by atoms with E-state index in [4.69, 9.17) is 17.3 Å². The van der Waals surface area contributed by atoms with Crippen molar-refractivity contribution in [2.24, 2.45) is 0 Å². The van der Waals surface area contributed by atoms with Gasteiger partial charge in [-0.05, 0) is 37.5 Å². The van der Waals surface area contributed by atoms with E-state index in [2.05, 4.69) is 22.9 Å². The van der Waals surface area contributed by atoms with Crippen molar-refractivity contribution in [3.63, 3.8) is 0 Å². The second-order valence-electron chi connectivity index (χ2n) is 7.21. The van der Waals surface area contributed by atoms with Crippen LogP contribution in [0, 0.1) is 0 Å². The SMILES string of the molecule is CCCCN1C(=O)/C(=C2/SC(=S)N(CCCCCC(=O)O)C2=O)c2cc(Br)ccc21. The molecule has 0 aromatic heterocycles. The van der Waals surface area contributed by atoms with Crippen molar-refractivity contribution in [3.8, 4) is 0 Å². The van der Waals surface area contributed by atoms with Gasteiger partial charge in [0.15, 0.2) is 0 Å². The topological polar surface area (TPSA) is 77.9 Å². The number of amides is 2. The Balaban J connectivity index is 1.84. The predicted molar refractivity (Wildman–Crippen MR) is 126 cm³/mol. The molecule has 0 radical (unpaired) electrons. The molecule has 160 valence electrons. The first-order valence-corrected chi connectivity index (χ1v) is 12.0. The number of carbonyl (C=O) groups excluding carboxylic acids is 2. The van der Waals surface area contributed by atoms with Crippen molar-refractivity contribution in [1.29, 1.82) is 0 Å². The van der Waals surface area contributed by atoms with Gasteiger partial charge in [0.2, 0.25) is 0 Å². The highest BCUT2D eigenvalue weighted by atomic mass is 79.9. The van der Waals surface area contributed by atoms with E-state index in [-0.39, 0.29) is 18.2 Å². The lowest BCUT2D eigenvalue weighted by Crippen LogP contribution is -2.30. The minimum atomic E-state index is -0.817. The van der Waals surface area contributed by atoms with E-state index in [1.807, 2.05) is 18.2 Å². The molecule has 6 nitrogen and oxygen atoms in total. The maximum atomic E-state index is 13.3. The molecule has 0 unspecified atom stereocenters. The zero-order chi connectivity index (χ0) is 21.8. The average Bonchev–Trinajstić information content (AvgIpc) is 3.12. The zero-order valence-electron chi connectivity index (χ0n) is 16.6. The molecule has 3 rings (SSSR count). The molecule has 2 aliphatic rings. The minimum Gasteiger partial charge on any atom is -0.481 e. The summed E-state index contributed by atoms with van der Waals surface area (Å²) in [5.41, 5.74) is 2.01. The molecule has 0 saturated carbocycles. The molecule has 0 aliphatic carbocycles. The fraction of sp³-hybridized carbons (Fsp3) is 0.429. The maximum absolute atomic E-state index is 13.3. The fourth-order valence-electron chi connectivity index (χ4n) is 3.53. The summed E-state index contributed by atoms with van der Waals surface area (Å²) in [6.07, 6.45) is 3.91. The van der Waals surface area contributed by atoms with Gasteiger partial charge in [0.1, 0.15) is 4.32 Å². The molecule has 0 bridgehead atoms. The van der Waals surface area contributed by atoms with Crippen LogP contribution >= 0.6 is 39.9 Å². The number of hydrogen-bond acceptors (Lipinski definition) is 5. The summed E-state index contributed by atoms with van der Waals surface area (Å²) in [4.78, 5) is 40.7. The van der Waals surface area contributed by atoms with E-state index < -0.39 is 5.97 Å². The molecule has 1 aromatic rings. The van der Waals surface area contributed by atoms with Crippen molar-refractivity contribution in [3.05, 3.63) is 33.1 Å². The van der Waals surface area contributed by atoms with Gasteiger partial charge in [-0.2, -0.15) is 0 Å². The molecular formula is C21H23BrN2O4S2. The number of hydrogen-bond donors (Lipinski definition) is 1. The molecule has 1 aromatic carbocycles. The van der Waals surface area contributed by atoms with Gasteiger partial charge < -0.3 is 10.0 Å². The third kappa shape index (κ3) is 4.78. The number of carboxylic acids is 1. The van der Waals surface area contributed by atoms with E-state index in [0.29, 0.717) is 47.2 Å². The first kappa shape index (κ1) is 23.0. The number of thiocarbonyl (C=S) groups is 1. The van der Waals surface area contributed by atoms with Gasteiger partial charge in [-0.3, -0.25) is 19.3 Å². The Bertz CT molecular complexity index is 932. The average molecular weight is 511 g/mol. The third-order valence-electron chi connectivity index (χ3n) is 5.06. The van der Waals surface area contributed by atoms with Gasteiger partial charge in [0.25, 0.3) is 11.8 Å². The number of anilines is 1. The number of unbranched alkanes of at least 4 members (excludes halogenated alkanes) is 3. The number of aliphatic carboxylic acids is 1. The Morgan fingerprint density at radius 2 is 1.83 bits per heavy atom. The summed E-state index contributed by atoms with van der Waals surface area (Å²) in [7, 11) is 0. The van der Waals surface area contributed by atoms with Crippen molar-refractivity contribution in [2.45, 2.75) is 45.4 Å². The third-order valence-corrected chi connectivity index (χ3v) is 7.00. The van der Waals surface area contributed by atoms with E-state index in [1.54, 1.807) is 4.90 Å². The number of carboxylic acid groups (broad SMARTS) is 1. The molecular weight excluding hydrogens is 488 g/mol. The smallest absolute Gasteiger partial charge is 0.303 e. The number of carbonyl (C=O) groups is 3. The first-order chi connectivity index (χ1) is 14.3. The summed E-state index contributed by atoms with van der Waals surface area (Å²) in [6, 6.07) is 5.69. The Hall–Kier alpha value is -1.71. The molecule has 2 aliphatic heterocycles. The van der Waals surface area contributed by atoms with Crippen LogP contribution in [-0.2, 0) is 14.4 Å². The Morgan fingerprint density at radius 3 is 2.53 bits per heavy atom. The second kappa shape index (κ2) is 10.1. The first-order valence-electron chi connectivity index (χ1n) is 9.96. The van der Waals surface area contributed by atoms with Crippen LogP contribution in [-0.4, -0.2) is 45.2 Å². The van der Waals surface area contributed by atoms with Crippen LogP contribution in [0.25, 0.3) is 5.57 Å².